The predicted octanol–water partition coefficient (Wildman–Crippen LogP) is 6.32. The summed E-state index contributed by atoms with van der Waals surface area (Å²) in [5.41, 5.74) is 2.10. The average Bonchev–Trinajstić information content (AvgIpc) is 2.57. The van der Waals surface area contributed by atoms with E-state index >= 15 is 0 Å². The Bertz CT molecular complexity index is 518. The summed E-state index contributed by atoms with van der Waals surface area (Å²) in [5, 5.41) is 3.45. The van der Waals surface area contributed by atoms with Crippen molar-refractivity contribution in [3.05, 3.63) is 35.8 Å². The highest BCUT2D eigenvalue weighted by Gasteiger charge is 2.03. The van der Waals surface area contributed by atoms with Gasteiger partial charge in [-0.1, -0.05) is 70.1 Å². The number of rotatable bonds is 12. The predicted molar refractivity (Wildman–Crippen MR) is 106 cm³/mol. The standard InChI is InChI=1S/C21H35N3/c1-5-7-9-10-11-12-13-14-16-22-20-17-19(4)23-21(24-20)18(3)15-8-6-2/h6,8,15,17H,5,7,9-14,16H2,1-4H3,(H,22,23,24)/b8-6-,18-15+. The number of anilines is 1. The Labute approximate surface area is 148 Å². The molecule has 1 rings (SSSR count). The van der Waals surface area contributed by atoms with Crippen LogP contribution in [0.3, 0.4) is 0 Å². The summed E-state index contributed by atoms with van der Waals surface area (Å²) < 4.78 is 0. The largest absolute Gasteiger partial charge is 0.370 e. The minimum absolute atomic E-state index is 0.812. The number of hydrogen-bond donors (Lipinski definition) is 1. The van der Waals surface area contributed by atoms with Crippen molar-refractivity contribution < 1.29 is 0 Å². The van der Waals surface area contributed by atoms with Gasteiger partial charge in [0.1, 0.15) is 5.82 Å². The Morgan fingerprint density at radius 2 is 1.71 bits per heavy atom. The van der Waals surface area contributed by atoms with Gasteiger partial charge in [0.2, 0.25) is 0 Å². The molecular weight excluding hydrogens is 294 g/mol. The van der Waals surface area contributed by atoms with Gasteiger partial charge in [0, 0.05) is 18.3 Å². The highest BCUT2D eigenvalue weighted by Crippen LogP contribution is 2.14. The Balaban J connectivity index is 2.34. The molecule has 0 aliphatic heterocycles. The maximum absolute atomic E-state index is 4.63. The van der Waals surface area contributed by atoms with E-state index in [9.17, 15) is 0 Å². The van der Waals surface area contributed by atoms with Gasteiger partial charge in [0.25, 0.3) is 0 Å². The zero-order valence-electron chi connectivity index (χ0n) is 16.1. The van der Waals surface area contributed by atoms with E-state index < -0.39 is 0 Å². The first-order valence-electron chi connectivity index (χ1n) is 9.57. The van der Waals surface area contributed by atoms with Crippen LogP contribution in [-0.2, 0) is 0 Å². The second-order valence-corrected chi connectivity index (χ2v) is 6.50. The molecule has 0 saturated carbocycles. The first-order valence-corrected chi connectivity index (χ1v) is 9.57. The van der Waals surface area contributed by atoms with Crippen molar-refractivity contribution in [2.75, 3.05) is 11.9 Å². The Hall–Kier alpha value is -1.64. The molecule has 0 atom stereocenters. The van der Waals surface area contributed by atoms with E-state index in [0.29, 0.717) is 0 Å². The second-order valence-electron chi connectivity index (χ2n) is 6.50. The average molecular weight is 330 g/mol. The summed E-state index contributed by atoms with van der Waals surface area (Å²) >= 11 is 0. The number of aromatic nitrogens is 2. The van der Waals surface area contributed by atoms with Gasteiger partial charge >= 0.3 is 0 Å². The lowest BCUT2D eigenvalue weighted by atomic mass is 10.1. The number of hydrogen-bond acceptors (Lipinski definition) is 3. The summed E-state index contributed by atoms with van der Waals surface area (Å²) in [5.74, 6) is 1.75. The highest BCUT2D eigenvalue weighted by atomic mass is 15.0. The van der Waals surface area contributed by atoms with Crippen LogP contribution in [0, 0.1) is 6.92 Å². The van der Waals surface area contributed by atoms with Crippen LogP contribution < -0.4 is 5.32 Å². The topological polar surface area (TPSA) is 37.8 Å². The van der Waals surface area contributed by atoms with Crippen molar-refractivity contribution in [1.82, 2.24) is 9.97 Å². The quantitative estimate of drug-likeness (QED) is 0.360. The molecule has 0 bridgehead atoms. The van der Waals surface area contributed by atoms with Crippen molar-refractivity contribution in [1.29, 1.82) is 0 Å². The number of nitrogens with zero attached hydrogens (tertiary/aromatic N) is 2. The number of unbranched alkanes of at least 4 members (excludes halogenated alkanes) is 7. The molecule has 0 unspecified atom stereocenters. The maximum Gasteiger partial charge on any atom is 0.157 e. The van der Waals surface area contributed by atoms with E-state index in [4.69, 9.17) is 0 Å². The molecule has 134 valence electrons. The van der Waals surface area contributed by atoms with Gasteiger partial charge in [-0.3, -0.25) is 0 Å². The summed E-state index contributed by atoms with van der Waals surface area (Å²) in [7, 11) is 0. The van der Waals surface area contributed by atoms with E-state index in [1.165, 1.54) is 51.4 Å². The Morgan fingerprint density at radius 3 is 2.38 bits per heavy atom. The van der Waals surface area contributed by atoms with Crippen molar-refractivity contribution in [2.24, 2.45) is 0 Å². The molecule has 0 fully saturated rings. The first kappa shape index (κ1) is 20.4. The minimum Gasteiger partial charge on any atom is -0.370 e. The van der Waals surface area contributed by atoms with Gasteiger partial charge in [-0.25, -0.2) is 9.97 Å². The molecule has 24 heavy (non-hydrogen) atoms. The van der Waals surface area contributed by atoms with Gasteiger partial charge in [0.15, 0.2) is 5.82 Å². The van der Waals surface area contributed by atoms with Crippen molar-refractivity contribution in [3.8, 4) is 0 Å². The Kier molecular flexibility index (Phi) is 10.8. The third-order valence-corrected chi connectivity index (χ3v) is 4.08. The van der Waals surface area contributed by atoms with Crippen molar-refractivity contribution in [2.45, 2.75) is 79.1 Å². The molecule has 3 nitrogen and oxygen atoms in total. The van der Waals surface area contributed by atoms with Crippen LogP contribution in [0.1, 0.15) is 83.7 Å². The van der Waals surface area contributed by atoms with E-state index in [1.807, 2.05) is 32.1 Å². The van der Waals surface area contributed by atoms with Crippen molar-refractivity contribution in [3.63, 3.8) is 0 Å². The Morgan fingerprint density at radius 1 is 1.04 bits per heavy atom. The van der Waals surface area contributed by atoms with E-state index in [1.54, 1.807) is 0 Å². The molecule has 0 aliphatic rings. The fourth-order valence-electron chi connectivity index (χ4n) is 2.63. The first-order chi connectivity index (χ1) is 11.7. The van der Waals surface area contributed by atoms with Gasteiger partial charge < -0.3 is 5.32 Å². The molecule has 1 heterocycles. The lowest BCUT2D eigenvalue weighted by molar-refractivity contribution is 0.581. The highest BCUT2D eigenvalue weighted by molar-refractivity contribution is 5.60. The fraction of sp³-hybridized carbons (Fsp3) is 0.619. The number of aryl methyl sites for hydroxylation is 1. The van der Waals surface area contributed by atoms with Crippen LogP contribution >= 0.6 is 0 Å². The van der Waals surface area contributed by atoms with Crippen molar-refractivity contribution >= 4 is 11.4 Å². The summed E-state index contributed by atoms with van der Waals surface area (Å²) in [6.07, 6.45) is 16.8. The lowest BCUT2D eigenvalue weighted by Gasteiger charge is -2.09. The van der Waals surface area contributed by atoms with E-state index in [-0.39, 0.29) is 0 Å². The smallest absolute Gasteiger partial charge is 0.157 e. The molecule has 3 heteroatoms. The molecule has 1 aromatic heterocycles. The van der Waals surface area contributed by atoms with Crippen LogP contribution in [0.25, 0.3) is 5.57 Å². The molecule has 1 aromatic rings. The monoisotopic (exact) mass is 329 g/mol. The van der Waals surface area contributed by atoms with Gasteiger partial charge in [-0.15, -0.1) is 0 Å². The maximum atomic E-state index is 4.63. The van der Waals surface area contributed by atoms with Crippen LogP contribution in [0.2, 0.25) is 0 Å². The van der Waals surface area contributed by atoms with Gasteiger partial charge in [-0.2, -0.15) is 0 Å². The van der Waals surface area contributed by atoms with E-state index in [2.05, 4.69) is 35.2 Å². The fourth-order valence-corrected chi connectivity index (χ4v) is 2.63. The normalized spacial score (nSPS) is 12.1. The molecular formula is C21H35N3. The van der Waals surface area contributed by atoms with Gasteiger partial charge in [0.05, 0.1) is 0 Å². The molecule has 0 saturated heterocycles. The van der Waals surface area contributed by atoms with Crippen LogP contribution in [-0.4, -0.2) is 16.5 Å². The molecule has 0 aliphatic carbocycles. The second kappa shape index (κ2) is 12.7. The molecule has 0 aromatic carbocycles. The molecule has 0 spiro atoms. The zero-order valence-corrected chi connectivity index (χ0v) is 16.1. The molecule has 1 N–H and O–H groups in total. The SMILES string of the molecule is C/C=C\C=C(/C)c1nc(C)cc(NCCCCCCCCCC)n1. The van der Waals surface area contributed by atoms with Crippen LogP contribution in [0.15, 0.2) is 24.3 Å². The number of allylic oxidation sites excluding steroid dienone is 4. The summed E-state index contributed by atoms with van der Waals surface area (Å²) in [6, 6.07) is 2.02. The number of nitrogens with one attached hydrogen (secondary N) is 1. The zero-order chi connectivity index (χ0) is 17.6. The van der Waals surface area contributed by atoms with E-state index in [0.717, 1.165) is 29.5 Å². The van der Waals surface area contributed by atoms with Crippen LogP contribution in [0.5, 0.6) is 0 Å². The summed E-state index contributed by atoms with van der Waals surface area (Å²) in [6.45, 7) is 9.34. The molecule has 0 amide bonds. The van der Waals surface area contributed by atoms with Crippen LogP contribution in [0.4, 0.5) is 5.82 Å². The summed E-state index contributed by atoms with van der Waals surface area (Å²) in [4.78, 5) is 9.16. The minimum atomic E-state index is 0.812. The third-order valence-electron chi connectivity index (χ3n) is 4.08. The molecule has 0 radical (unpaired) electrons. The third kappa shape index (κ3) is 8.85. The lowest BCUT2D eigenvalue weighted by Crippen LogP contribution is -2.06. The van der Waals surface area contributed by atoms with Gasteiger partial charge in [-0.05, 0) is 32.8 Å².